The SMILES string of the molecule is CN1C(=O)c2ccccc2N(C)P1Cl. The van der Waals surface area contributed by atoms with Gasteiger partial charge in [0.25, 0.3) is 5.91 Å². The topological polar surface area (TPSA) is 23.6 Å². The standard InChI is InChI=1S/C9H10ClN2OP/c1-11-8-6-4-3-5-7(8)9(13)12(2)14(11)10/h3-6H,1-2H3. The van der Waals surface area contributed by atoms with Crippen LogP contribution in [0.3, 0.4) is 0 Å². The maximum atomic E-state index is 11.8. The second kappa shape index (κ2) is 3.41. The van der Waals surface area contributed by atoms with Crippen molar-refractivity contribution < 1.29 is 4.79 Å². The molecule has 1 aromatic carbocycles. The van der Waals surface area contributed by atoms with E-state index in [1.54, 1.807) is 11.7 Å². The lowest BCUT2D eigenvalue weighted by atomic mass is 10.1. The summed E-state index contributed by atoms with van der Waals surface area (Å²) in [5.41, 5.74) is 1.63. The van der Waals surface area contributed by atoms with Crippen LogP contribution in [0.5, 0.6) is 0 Å². The summed E-state index contributed by atoms with van der Waals surface area (Å²) in [6.45, 7) is 0. The van der Waals surface area contributed by atoms with Gasteiger partial charge in [-0.2, -0.15) is 0 Å². The van der Waals surface area contributed by atoms with Crippen molar-refractivity contribution in [1.82, 2.24) is 4.67 Å². The number of benzene rings is 1. The van der Waals surface area contributed by atoms with Crippen molar-refractivity contribution in [2.24, 2.45) is 0 Å². The number of halogens is 1. The van der Waals surface area contributed by atoms with Crippen LogP contribution in [0.1, 0.15) is 10.4 Å². The molecule has 14 heavy (non-hydrogen) atoms. The van der Waals surface area contributed by atoms with Crippen molar-refractivity contribution in [1.29, 1.82) is 0 Å². The summed E-state index contributed by atoms with van der Waals surface area (Å²) in [5, 5.41) is 0. The van der Waals surface area contributed by atoms with Crippen LogP contribution in [-0.4, -0.2) is 24.7 Å². The van der Waals surface area contributed by atoms with Crippen LogP contribution in [-0.2, 0) is 0 Å². The van der Waals surface area contributed by atoms with Gasteiger partial charge >= 0.3 is 0 Å². The third-order valence-electron chi connectivity index (χ3n) is 2.27. The lowest BCUT2D eigenvalue weighted by Gasteiger charge is -2.36. The quantitative estimate of drug-likeness (QED) is 0.638. The fraction of sp³-hybridized carbons (Fsp3) is 0.222. The van der Waals surface area contributed by atoms with Crippen molar-refractivity contribution in [2.45, 2.75) is 0 Å². The maximum absolute atomic E-state index is 11.8. The number of amides is 1. The Morgan fingerprint density at radius 1 is 1.21 bits per heavy atom. The van der Waals surface area contributed by atoms with E-state index in [4.69, 9.17) is 11.2 Å². The number of nitrogens with zero attached hydrogens (tertiary/aromatic N) is 2. The molecule has 1 aromatic rings. The Bertz CT molecular complexity index is 385. The molecule has 0 N–H and O–H groups in total. The van der Waals surface area contributed by atoms with Crippen molar-refractivity contribution in [3.8, 4) is 0 Å². The number of hydrogen-bond donors (Lipinski definition) is 0. The van der Waals surface area contributed by atoms with Crippen molar-refractivity contribution in [2.75, 3.05) is 18.8 Å². The largest absolute Gasteiger partial charge is 0.324 e. The molecule has 0 fully saturated rings. The Balaban J connectivity index is 2.56. The van der Waals surface area contributed by atoms with Gasteiger partial charge in [0.05, 0.1) is 11.3 Å². The molecule has 0 bridgehead atoms. The first-order chi connectivity index (χ1) is 6.63. The summed E-state index contributed by atoms with van der Waals surface area (Å²) >= 11 is 6.14. The van der Waals surface area contributed by atoms with Crippen LogP contribution < -0.4 is 4.67 Å². The van der Waals surface area contributed by atoms with E-state index in [0.717, 1.165) is 11.3 Å². The average molecular weight is 229 g/mol. The van der Waals surface area contributed by atoms with Gasteiger partial charge in [-0.3, -0.25) is 9.46 Å². The van der Waals surface area contributed by atoms with E-state index in [0.29, 0.717) is 0 Å². The Hall–Kier alpha value is -0.790. The fourth-order valence-electron chi connectivity index (χ4n) is 1.48. The van der Waals surface area contributed by atoms with Crippen molar-refractivity contribution in [3.05, 3.63) is 29.8 Å². The highest BCUT2D eigenvalue weighted by Gasteiger charge is 2.32. The van der Waals surface area contributed by atoms with Gasteiger partial charge in [0, 0.05) is 14.1 Å². The molecular formula is C9H10ClN2OP. The van der Waals surface area contributed by atoms with E-state index in [1.165, 1.54) is 0 Å². The smallest absolute Gasteiger partial charge is 0.261 e. The number of hydrogen-bond acceptors (Lipinski definition) is 2. The lowest BCUT2D eigenvalue weighted by Crippen LogP contribution is -2.32. The van der Waals surface area contributed by atoms with Crippen LogP contribution in [0.15, 0.2) is 24.3 Å². The molecule has 5 heteroatoms. The van der Waals surface area contributed by atoms with Crippen LogP contribution in [0.25, 0.3) is 0 Å². The third-order valence-corrected chi connectivity index (χ3v) is 5.02. The molecule has 1 aliphatic rings. The minimum absolute atomic E-state index is 0.000175. The van der Waals surface area contributed by atoms with Gasteiger partial charge in [-0.05, 0) is 23.4 Å². The van der Waals surface area contributed by atoms with Crippen LogP contribution in [0, 0.1) is 0 Å². The van der Waals surface area contributed by atoms with Crippen LogP contribution in [0.4, 0.5) is 5.69 Å². The second-order valence-electron chi connectivity index (χ2n) is 3.11. The molecule has 0 saturated heterocycles. The number of fused-ring (bicyclic) bond motifs is 1. The molecule has 1 amide bonds. The Labute approximate surface area is 88.9 Å². The molecule has 2 rings (SSSR count). The summed E-state index contributed by atoms with van der Waals surface area (Å²) < 4.78 is 3.52. The minimum atomic E-state index is -1.05. The molecule has 1 atom stereocenters. The first-order valence-electron chi connectivity index (χ1n) is 4.19. The fourth-order valence-corrected chi connectivity index (χ4v) is 2.94. The Morgan fingerprint density at radius 2 is 1.86 bits per heavy atom. The summed E-state index contributed by atoms with van der Waals surface area (Å²) in [7, 11) is 2.58. The zero-order chi connectivity index (χ0) is 10.3. The van der Waals surface area contributed by atoms with Gasteiger partial charge < -0.3 is 4.67 Å². The zero-order valence-electron chi connectivity index (χ0n) is 7.94. The van der Waals surface area contributed by atoms with Gasteiger partial charge in [-0.25, -0.2) is 0 Å². The maximum Gasteiger partial charge on any atom is 0.261 e. The van der Waals surface area contributed by atoms with E-state index in [9.17, 15) is 4.79 Å². The van der Waals surface area contributed by atoms with Crippen LogP contribution in [0.2, 0.25) is 0 Å². The molecular weight excluding hydrogens is 219 g/mol. The molecule has 1 heterocycles. The van der Waals surface area contributed by atoms with E-state index in [2.05, 4.69) is 0 Å². The lowest BCUT2D eigenvalue weighted by molar-refractivity contribution is 0.0885. The molecule has 0 aliphatic carbocycles. The average Bonchev–Trinajstić information content (AvgIpc) is 2.23. The van der Waals surface area contributed by atoms with Gasteiger partial charge in [0.1, 0.15) is 0 Å². The number of para-hydroxylation sites is 1. The monoisotopic (exact) mass is 228 g/mol. The number of anilines is 1. The van der Waals surface area contributed by atoms with E-state index in [1.807, 2.05) is 36.0 Å². The normalized spacial score (nSPS) is 21.1. The molecule has 0 radical (unpaired) electrons. The first-order valence-corrected chi connectivity index (χ1v) is 6.34. The summed E-state index contributed by atoms with van der Waals surface area (Å²) in [4.78, 5) is 11.8. The third kappa shape index (κ3) is 1.28. The number of carbonyl (C=O) groups excluding carboxylic acids is 1. The first kappa shape index (κ1) is 9.75. The van der Waals surface area contributed by atoms with Gasteiger partial charge in [-0.1, -0.05) is 12.1 Å². The predicted octanol–water partition coefficient (Wildman–Crippen LogP) is 2.67. The Morgan fingerprint density at radius 3 is 2.57 bits per heavy atom. The molecule has 1 aliphatic heterocycles. The highest BCUT2D eigenvalue weighted by molar-refractivity contribution is 7.83. The molecule has 74 valence electrons. The number of rotatable bonds is 0. The Kier molecular flexibility index (Phi) is 2.38. The molecule has 0 spiro atoms. The van der Waals surface area contributed by atoms with Crippen molar-refractivity contribution >= 4 is 30.4 Å². The molecule has 0 aromatic heterocycles. The summed E-state index contributed by atoms with van der Waals surface area (Å²) in [6.07, 6.45) is 0. The van der Waals surface area contributed by atoms with Gasteiger partial charge in [-0.15, -0.1) is 0 Å². The zero-order valence-corrected chi connectivity index (χ0v) is 9.59. The van der Waals surface area contributed by atoms with Gasteiger partial charge in [0.2, 0.25) is 0 Å². The van der Waals surface area contributed by atoms with E-state index in [-0.39, 0.29) is 5.91 Å². The van der Waals surface area contributed by atoms with Crippen molar-refractivity contribution in [3.63, 3.8) is 0 Å². The highest BCUT2D eigenvalue weighted by Crippen LogP contribution is 2.54. The summed E-state index contributed by atoms with van der Waals surface area (Å²) in [5.74, 6) is -0.000175. The minimum Gasteiger partial charge on any atom is -0.324 e. The van der Waals surface area contributed by atoms with E-state index >= 15 is 0 Å². The van der Waals surface area contributed by atoms with Gasteiger partial charge in [0.15, 0.2) is 7.58 Å². The van der Waals surface area contributed by atoms with E-state index < -0.39 is 7.58 Å². The highest BCUT2D eigenvalue weighted by atomic mass is 35.7. The van der Waals surface area contributed by atoms with Crippen LogP contribution >= 0.6 is 18.8 Å². The predicted molar refractivity (Wildman–Crippen MR) is 59.7 cm³/mol. The molecule has 0 saturated carbocycles. The second-order valence-corrected chi connectivity index (χ2v) is 5.70. The molecule has 1 unspecified atom stereocenters. The summed E-state index contributed by atoms with van der Waals surface area (Å²) in [6, 6.07) is 7.51. The molecule has 3 nitrogen and oxygen atoms in total. The number of carbonyl (C=O) groups is 1.